The van der Waals surface area contributed by atoms with E-state index in [4.69, 9.17) is 21.1 Å². The lowest BCUT2D eigenvalue weighted by Crippen LogP contribution is -2.30. The molecule has 25 heavy (non-hydrogen) atoms. The number of nitrogens with one attached hydrogen (secondary N) is 1. The Bertz CT molecular complexity index is 736. The smallest absolute Gasteiger partial charge is 0.265 e. The molecule has 1 amide bonds. The van der Waals surface area contributed by atoms with Crippen molar-refractivity contribution in [1.82, 2.24) is 0 Å². The van der Waals surface area contributed by atoms with Crippen LogP contribution in [0.1, 0.15) is 33.3 Å². The van der Waals surface area contributed by atoms with E-state index in [0.29, 0.717) is 22.2 Å². The van der Waals surface area contributed by atoms with Crippen LogP contribution in [-0.4, -0.2) is 19.1 Å². The van der Waals surface area contributed by atoms with Crippen LogP contribution in [0.4, 0.5) is 5.69 Å². The molecule has 0 aromatic heterocycles. The molecule has 0 bridgehead atoms. The standard InChI is InChI=1S/C20H24ClNO3/c1-13(25-16-9-6-14(7-10-16)20(2,3)4)19(23)22-15-8-11-18(24-5)17(21)12-15/h6-13H,1-5H3,(H,22,23). The fourth-order valence-corrected chi connectivity index (χ4v) is 2.54. The topological polar surface area (TPSA) is 47.6 Å². The highest BCUT2D eigenvalue weighted by molar-refractivity contribution is 6.32. The van der Waals surface area contributed by atoms with Crippen molar-refractivity contribution in [3.63, 3.8) is 0 Å². The first-order valence-corrected chi connectivity index (χ1v) is 8.50. The Kier molecular flexibility index (Phi) is 5.96. The summed E-state index contributed by atoms with van der Waals surface area (Å²) in [6.45, 7) is 8.16. The third-order valence-electron chi connectivity index (χ3n) is 3.82. The van der Waals surface area contributed by atoms with Gasteiger partial charge < -0.3 is 14.8 Å². The third-order valence-corrected chi connectivity index (χ3v) is 4.12. The Morgan fingerprint density at radius 1 is 1.12 bits per heavy atom. The van der Waals surface area contributed by atoms with Gasteiger partial charge in [0.1, 0.15) is 11.5 Å². The third kappa shape index (κ3) is 5.13. The number of carbonyl (C=O) groups is 1. The SMILES string of the molecule is COc1ccc(NC(=O)C(C)Oc2ccc(C(C)(C)C)cc2)cc1Cl. The molecule has 1 unspecified atom stereocenters. The molecule has 0 spiro atoms. The summed E-state index contributed by atoms with van der Waals surface area (Å²) < 4.78 is 10.8. The second-order valence-electron chi connectivity index (χ2n) is 6.87. The van der Waals surface area contributed by atoms with E-state index < -0.39 is 6.10 Å². The Hall–Kier alpha value is -2.20. The molecule has 1 N–H and O–H groups in total. The van der Waals surface area contributed by atoms with E-state index in [9.17, 15) is 4.79 Å². The van der Waals surface area contributed by atoms with Gasteiger partial charge >= 0.3 is 0 Å². The van der Waals surface area contributed by atoms with Gasteiger partial charge in [0.2, 0.25) is 0 Å². The highest BCUT2D eigenvalue weighted by Crippen LogP contribution is 2.28. The van der Waals surface area contributed by atoms with Gasteiger partial charge in [0, 0.05) is 5.69 Å². The lowest BCUT2D eigenvalue weighted by molar-refractivity contribution is -0.122. The van der Waals surface area contributed by atoms with Gasteiger partial charge in [-0.05, 0) is 48.2 Å². The molecule has 0 radical (unpaired) electrons. The molecule has 0 aliphatic carbocycles. The van der Waals surface area contributed by atoms with Gasteiger partial charge in [-0.15, -0.1) is 0 Å². The molecule has 4 nitrogen and oxygen atoms in total. The van der Waals surface area contributed by atoms with E-state index in [1.165, 1.54) is 5.56 Å². The summed E-state index contributed by atoms with van der Waals surface area (Å²) in [5, 5.41) is 3.22. The molecular formula is C20H24ClNO3. The van der Waals surface area contributed by atoms with Crippen LogP contribution in [0.25, 0.3) is 0 Å². The van der Waals surface area contributed by atoms with Crippen LogP contribution in [0, 0.1) is 0 Å². The first-order valence-electron chi connectivity index (χ1n) is 8.12. The Labute approximate surface area is 154 Å². The molecule has 0 heterocycles. The van der Waals surface area contributed by atoms with E-state index in [1.807, 2.05) is 24.3 Å². The molecule has 0 aliphatic rings. The fraction of sp³-hybridized carbons (Fsp3) is 0.350. The van der Waals surface area contributed by atoms with Crippen LogP contribution in [0.2, 0.25) is 5.02 Å². The number of hydrogen-bond donors (Lipinski definition) is 1. The van der Waals surface area contributed by atoms with Crippen LogP contribution >= 0.6 is 11.6 Å². The Morgan fingerprint density at radius 2 is 1.76 bits per heavy atom. The van der Waals surface area contributed by atoms with Gasteiger partial charge in [-0.3, -0.25) is 4.79 Å². The van der Waals surface area contributed by atoms with Crippen molar-refractivity contribution in [3.05, 3.63) is 53.1 Å². The predicted octanol–water partition coefficient (Wildman–Crippen LogP) is 5.05. The average molecular weight is 362 g/mol. The second-order valence-corrected chi connectivity index (χ2v) is 7.28. The molecule has 2 aromatic carbocycles. The van der Waals surface area contributed by atoms with Crippen molar-refractivity contribution < 1.29 is 14.3 Å². The summed E-state index contributed by atoms with van der Waals surface area (Å²) in [4.78, 5) is 12.3. The van der Waals surface area contributed by atoms with Crippen LogP contribution in [0.5, 0.6) is 11.5 Å². The van der Waals surface area contributed by atoms with E-state index in [2.05, 4.69) is 26.1 Å². The van der Waals surface area contributed by atoms with Crippen LogP contribution < -0.4 is 14.8 Å². The number of rotatable bonds is 5. The first-order chi connectivity index (χ1) is 11.7. The number of ether oxygens (including phenoxy) is 2. The second kappa shape index (κ2) is 7.79. The van der Waals surface area contributed by atoms with Gasteiger partial charge in [-0.25, -0.2) is 0 Å². The molecule has 134 valence electrons. The summed E-state index contributed by atoms with van der Waals surface area (Å²) >= 11 is 6.07. The predicted molar refractivity (Wildman–Crippen MR) is 102 cm³/mol. The van der Waals surface area contributed by atoms with E-state index in [0.717, 1.165) is 0 Å². The number of methoxy groups -OCH3 is 1. The zero-order chi connectivity index (χ0) is 18.6. The fourth-order valence-electron chi connectivity index (χ4n) is 2.28. The monoisotopic (exact) mass is 361 g/mol. The quantitative estimate of drug-likeness (QED) is 0.810. The Morgan fingerprint density at radius 3 is 2.28 bits per heavy atom. The van der Waals surface area contributed by atoms with E-state index >= 15 is 0 Å². The Balaban J connectivity index is 1.99. The normalized spacial score (nSPS) is 12.4. The zero-order valence-corrected chi connectivity index (χ0v) is 16.0. The van der Waals surface area contributed by atoms with Crippen LogP contribution in [-0.2, 0) is 10.2 Å². The minimum atomic E-state index is -0.638. The molecule has 0 saturated carbocycles. The summed E-state index contributed by atoms with van der Waals surface area (Å²) in [6, 6.07) is 12.9. The minimum absolute atomic E-state index is 0.0785. The average Bonchev–Trinajstić information content (AvgIpc) is 2.54. The molecule has 1 atom stereocenters. The molecule has 0 saturated heterocycles. The van der Waals surface area contributed by atoms with Gasteiger partial charge in [0.25, 0.3) is 5.91 Å². The van der Waals surface area contributed by atoms with Gasteiger partial charge in [-0.2, -0.15) is 0 Å². The molecule has 0 aliphatic heterocycles. The number of anilines is 1. The first kappa shape index (κ1) is 19.1. The lowest BCUT2D eigenvalue weighted by atomic mass is 9.87. The summed E-state index contributed by atoms with van der Waals surface area (Å²) in [7, 11) is 1.54. The largest absolute Gasteiger partial charge is 0.495 e. The van der Waals surface area contributed by atoms with Crippen LogP contribution in [0.3, 0.4) is 0 Å². The van der Waals surface area contributed by atoms with Gasteiger partial charge in [-0.1, -0.05) is 44.5 Å². The zero-order valence-electron chi connectivity index (χ0n) is 15.2. The number of amides is 1. The maximum absolute atomic E-state index is 12.3. The summed E-state index contributed by atoms with van der Waals surface area (Å²) in [6.07, 6.45) is -0.638. The molecule has 0 fully saturated rings. The number of benzene rings is 2. The summed E-state index contributed by atoms with van der Waals surface area (Å²) in [5.74, 6) is 0.965. The molecule has 2 rings (SSSR count). The van der Waals surface area contributed by atoms with Crippen molar-refractivity contribution in [3.8, 4) is 11.5 Å². The van der Waals surface area contributed by atoms with Crippen molar-refractivity contribution in [2.75, 3.05) is 12.4 Å². The van der Waals surface area contributed by atoms with E-state index in [-0.39, 0.29) is 11.3 Å². The minimum Gasteiger partial charge on any atom is -0.495 e. The van der Waals surface area contributed by atoms with E-state index in [1.54, 1.807) is 32.2 Å². The van der Waals surface area contributed by atoms with Crippen LogP contribution in [0.15, 0.2) is 42.5 Å². The van der Waals surface area contributed by atoms with Gasteiger partial charge in [0.15, 0.2) is 6.10 Å². The number of carbonyl (C=O) groups excluding carboxylic acids is 1. The van der Waals surface area contributed by atoms with Crippen molar-refractivity contribution >= 4 is 23.2 Å². The van der Waals surface area contributed by atoms with Crippen molar-refractivity contribution in [1.29, 1.82) is 0 Å². The number of halogens is 1. The molecule has 5 heteroatoms. The maximum Gasteiger partial charge on any atom is 0.265 e. The van der Waals surface area contributed by atoms with Gasteiger partial charge in [0.05, 0.1) is 12.1 Å². The summed E-state index contributed by atoms with van der Waals surface area (Å²) in [5.41, 5.74) is 1.88. The number of hydrogen-bond acceptors (Lipinski definition) is 3. The highest BCUT2D eigenvalue weighted by Gasteiger charge is 2.17. The lowest BCUT2D eigenvalue weighted by Gasteiger charge is -2.20. The van der Waals surface area contributed by atoms with Crippen molar-refractivity contribution in [2.24, 2.45) is 0 Å². The van der Waals surface area contributed by atoms with Crippen molar-refractivity contribution in [2.45, 2.75) is 39.2 Å². The maximum atomic E-state index is 12.3. The highest BCUT2D eigenvalue weighted by atomic mass is 35.5. The molecular weight excluding hydrogens is 338 g/mol. The molecule has 2 aromatic rings.